The highest BCUT2D eigenvalue weighted by molar-refractivity contribution is 14.1. The summed E-state index contributed by atoms with van der Waals surface area (Å²) in [5, 5.41) is 30.2. The molecule has 0 aliphatic carbocycles. The van der Waals surface area contributed by atoms with E-state index in [2.05, 4.69) is 54.5 Å². The van der Waals surface area contributed by atoms with Crippen LogP contribution < -0.4 is 4.74 Å². The molecule has 0 spiro atoms. The Morgan fingerprint density at radius 1 is 0.926 bits per heavy atom. The van der Waals surface area contributed by atoms with Crippen LogP contribution in [0, 0.1) is 34.1 Å². The molecule has 0 aromatic heterocycles. The molecule has 27 heavy (non-hydrogen) atoms. The molecule has 0 fully saturated rings. The maximum absolute atomic E-state index is 10.7. The van der Waals surface area contributed by atoms with E-state index in [4.69, 9.17) is 9.84 Å². The fourth-order valence-corrected chi connectivity index (χ4v) is 2.57. The first-order valence-electron chi connectivity index (χ1n) is 7.09. The Bertz CT molecular complexity index is 833. The summed E-state index contributed by atoms with van der Waals surface area (Å²) in [7, 11) is 1.41. The van der Waals surface area contributed by atoms with Crippen LogP contribution in [0.25, 0.3) is 0 Å². The molecule has 1 N–H and O–H groups in total. The van der Waals surface area contributed by atoms with Gasteiger partial charge in [-0.2, -0.15) is 0 Å². The molecule has 0 amide bonds. The maximum Gasteiger partial charge on any atom is 0.314 e. The molecule has 0 unspecified atom stereocenters. The Kier molecular flexibility index (Phi) is 11.4. The Labute approximate surface area is 186 Å². The molecular weight excluding hydrogens is 603 g/mol. The number of nitro groups is 2. The van der Waals surface area contributed by atoms with E-state index in [1.54, 1.807) is 32.0 Å². The van der Waals surface area contributed by atoms with E-state index in [0.29, 0.717) is 20.1 Å². The van der Waals surface area contributed by atoms with Crippen LogP contribution in [0.3, 0.4) is 0 Å². The molecular formula is C16H17Br2IN2O6. The number of alkyl halides is 1. The van der Waals surface area contributed by atoms with Crippen LogP contribution in [0.15, 0.2) is 33.2 Å². The molecule has 148 valence electrons. The largest absolute Gasteiger partial charge is 0.502 e. The molecule has 0 radical (unpaired) electrons. The van der Waals surface area contributed by atoms with E-state index in [1.165, 1.54) is 13.2 Å². The summed E-state index contributed by atoms with van der Waals surface area (Å²) in [5.41, 5.74) is 0.769. The lowest BCUT2D eigenvalue weighted by Crippen LogP contribution is -1.96. The van der Waals surface area contributed by atoms with Gasteiger partial charge < -0.3 is 9.84 Å². The Morgan fingerprint density at radius 3 is 1.70 bits per heavy atom. The first kappa shape index (κ1) is 25.5. The summed E-state index contributed by atoms with van der Waals surface area (Å²) >= 11 is 8.50. The maximum atomic E-state index is 10.7. The van der Waals surface area contributed by atoms with Gasteiger partial charge in [0.05, 0.1) is 17.0 Å². The van der Waals surface area contributed by atoms with Crippen LogP contribution in [-0.4, -0.2) is 27.0 Å². The molecule has 8 nitrogen and oxygen atoms in total. The van der Waals surface area contributed by atoms with Gasteiger partial charge in [0.25, 0.3) is 0 Å². The average molecular weight is 620 g/mol. The minimum atomic E-state index is -0.602. The smallest absolute Gasteiger partial charge is 0.314 e. The molecule has 0 aliphatic rings. The van der Waals surface area contributed by atoms with Crippen molar-refractivity contribution >= 4 is 65.8 Å². The minimum absolute atomic E-state index is 0.0110. The lowest BCUT2D eigenvalue weighted by Gasteiger charge is -2.04. The number of hydrogen-bond acceptors (Lipinski definition) is 6. The second-order valence-corrected chi connectivity index (χ2v) is 6.49. The van der Waals surface area contributed by atoms with Crippen molar-refractivity contribution in [1.29, 1.82) is 0 Å². The van der Waals surface area contributed by atoms with Crippen molar-refractivity contribution in [2.24, 2.45) is 0 Å². The molecule has 11 heteroatoms. The fraction of sp³-hybridized carbons (Fsp3) is 0.250. The Balaban J connectivity index is 0.000000460. The first-order valence-corrected chi connectivity index (χ1v) is 10.8. The first-order chi connectivity index (χ1) is 12.6. The zero-order chi connectivity index (χ0) is 21.3. The predicted molar refractivity (Wildman–Crippen MR) is 119 cm³/mol. The van der Waals surface area contributed by atoms with Crippen molar-refractivity contribution in [2.45, 2.75) is 13.8 Å². The van der Waals surface area contributed by atoms with Crippen molar-refractivity contribution in [3.63, 3.8) is 0 Å². The summed E-state index contributed by atoms with van der Waals surface area (Å²) in [6, 6.07) is 6.14. The van der Waals surface area contributed by atoms with Gasteiger partial charge in [0, 0.05) is 20.1 Å². The number of nitro benzene ring substituents is 2. The number of halogens is 3. The van der Waals surface area contributed by atoms with Gasteiger partial charge >= 0.3 is 11.4 Å². The van der Waals surface area contributed by atoms with Crippen LogP contribution in [0.1, 0.15) is 11.1 Å². The lowest BCUT2D eigenvalue weighted by molar-refractivity contribution is -0.386. The summed E-state index contributed by atoms with van der Waals surface area (Å²) in [5.74, 6) is -0.0219. The van der Waals surface area contributed by atoms with Crippen LogP contribution in [-0.2, 0) is 0 Å². The van der Waals surface area contributed by atoms with E-state index in [0.717, 1.165) is 0 Å². The molecule has 0 saturated carbocycles. The number of methoxy groups -OCH3 is 1. The van der Waals surface area contributed by atoms with Gasteiger partial charge in [-0.15, -0.1) is 0 Å². The van der Waals surface area contributed by atoms with Crippen molar-refractivity contribution in [2.75, 3.05) is 12.0 Å². The predicted octanol–water partition coefficient (Wildman–Crippen LogP) is 6.10. The second kappa shape index (κ2) is 12.1. The van der Waals surface area contributed by atoms with Crippen molar-refractivity contribution in [1.82, 2.24) is 0 Å². The number of ether oxygens (including phenoxy) is 1. The SMILES string of the molecule is CI.COc1ccc(Br)c(C)c1[N+](=O)[O-].Cc1c(Br)ccc(O)c1[N+](=O)[O-]. The number of aromatic hydroxyl groups is 1. The van der Waals surface area contributed by atoms with Gasteiger partial charge in [-0.1, -0.05) is 54.5 Å². The van der Waals surface area contributed by atoms with Crippen LogP contribution in [0.4, 0.5) is 11.4 Å². The highest BCUT2D eigenvalue weighted by atomic mass is 127. The highest BCUT2D eigenvalue weighted by Crippen LogP contribution is 2.35. The van der Waals surface area contributed by atoms with E-state index in [9.17, 15) is 20.2 Å². The molecule has 2 aromatic carbocycles. The molecule has 0 heterocycles. The third kappa shape index (κ3) is 6.88. The Morgan fingerprint density at radius 2 is 1.33 bits per heavy atom. The summed E-state index contributed by atoms with van der Waals surface area (Å²) in [6.45, 7) is 3.24. The van der Waals surface area contributed by atoms with Gasteiger partial charge in [0.15, 0.2) is 11.5 Å². The molecule has 0 bridgehead atoms. The number of phenols is 1. The third-order valence-corrected chi connectivity index (χ3v) is 4.97. The van der Waals surface area contributed by atoms with Gasteiger partial charge in [-0.25, -0.2) is 0 Å². The van der Waals surface area contributed by atoms with Crippen LogP contribution >= 0.6 is 54.5 Å². The molecule has 0 aliphatic heterocycles. The monoisotopic (exact) mass is 618 g/mol. The van der Waals surface area contributed by atoms with E-state index < -0.39 is 9.85 Å². The number of hydrogen-bond donors (Lipinski definition) is 1. The van der Waals surface area contributed by atoms with E-state index in [-0.39, 0.29) is 22.9 Å². The molecule has 2 aromatic rings. The van der Waals surface area contributed by atoms with E-state index >= 15 is 0 Å². The normalized spacial score (nSPS) is 9.30. The van der Waals surface area contributed by atoms with Crippen molar-refractivity contribution in [3.8, 4) is 11.5 Å². The summed E-state index contributed by atoms with van der Waals surface area (Å²) in [6.07, 6.45) is 0. The van der Waals surface area contributed by atoms with Gasteiger partial charge in [-0.3, -0.25) is 20.2 Å². The standard InChI is InChI=1S/C8H8BrNO3.C7H6BrNO3.CH3I/c1-5-6(9)3-4-7(13-2)8(5)10(11)12;1-4-5(8)2-3-6(10)7(4)9(11)12;1-2/h3-4H,1-2H3;2-3,10H,1H3;1H3. The molecule has 2 rings (SSSR count). The summed E-state index contributed by atoms with van der Waals surface area (Å²) in [4.78, 5) is 22.0. The van der Waals surface area contributed by atoms with Gasteiger partial charge in [0.2, 0.25) is 0 Å². The molecule has 0 atom stereocenters. The number of benzene rings is 2. The Hall–Kier alpha value is -1.47. The summed E-state index contributed by atoms with van der Waals surface area (Å²) < 4.78 is 6.21. The number of phenolic OH excluding ortho intramolecular Hbond substituents is 1. The third-order valence-electron chi connectivity index (χ3n) is 3.26. The van der Waals surface area contributed by atoms with Crippen LogP contribution in [0.2, 0.25) is 0 Å². The average Bonchev–Trinajstić information content (AvgIpc) is 2.62. The topological polar surface area (TPSA) is 116 Å². The second-order valence-electron chi connectivity index (χ2n) is 4.78. The zero-order valence-electron chi connectivity index (χ0n) is 14.8. The zero-order valence-corrected chi connectivity index (χ0v) is 20.2. The van der Waals surface area contributed by atoms with Crippen LogP contribution in [0.5, 0.6) is 11.5 Å². The van der Waals surface area contributed by atoms with Gasteiger partial charge in [-0.05, 0) is 43.0 Å². The molecule has 0 saturated heterocycles. The van der Waals surface area contributed by atoms with Gasteiger partial charge in [0.1, 0.15) is 0 Å². The fourth-order valence-electron chi connectivity index (χ4n) is 1.93. The minimum Gasteiger partial charge on any atom is -0.502 e. The number of nitrogens with zero attached hydrogens (tertiary/aromatic N) is 2. The number of rotatable bonds is 3. The van der Waals surface area contributed by atoms with Crippen molar-refractivity contribution < 1.29 is 19.7 Å². The van der Waals surface area contributed by atoms with E-state index in [1.807, 2.05) is 4.93 Å². The van der Waals surface area contributed by atoms with Crippen molar-refractivity contribution in [3.05, 3.63) is 64.6 Å². The quantitative estimate of drug-likeness (QED) is 0.192. The lowest BCUT2D eigenvalue weighted by atomic mass is 10.2. The highest BCUT2D eigenvalue weighted by Gasteiger charge is 2.20.